The normalized spacial score (nSPS) is 13.6. The van der Waals surface area contributed by atoms with Gasteiger partial charge in [-0.1, -0.05) is 39.5 Å². The van der Waals surface area contributed by atoms with Crippen molar-refractivity contribution in [1.82, 2.24) is 0 Å². The molecule has 0 saturated carbocycles. The second kappa shape index (κ2) is 7.32. The summed E-state index contributed by atoms with van der Waals surface area (Å²) in [6, 6.07) is 4.35. The second-order valence-corrected chi connectivity index (χ2v) is 5.54. The van der Waals surface area contributed by atoms with Crippen LogP contribution in [0.3, 0.4) is 0 Å². The molecule has 0 spiro atoms. The quantitative estimate of drug-likeness (QED) is 0.759. The summed E-state index contributed by atoms with van der Waals surface area (Å²) >= 11 is 0. The topological polar surface area (TPSA) is 47.6 Å². The summed E-state index contributed by atoms with van der Waals surface area (Å²) in [7, 11) is 0. The third kappa shape index (κ3) is 3.75. The van der Waals surface area contributed by atoms with E-state index >= 15 is 0 Å². The summed E-state index contributed by atoms with van der Waals surface area (Å²) in [4.78, 5) is 4.42. The SMILES string of the molecule is CCCCCCc1cc2c(cc1CCC)OCC(N)=N2. The highest BCUT2D eigenvalue weighted by atomic mass is 16.5. The molecule has 0 bridgehead atoms. The van der Waals surface area contributed by atoms with E-state index < -0.39 is 0 Å². The average molecular weight is 274 g/mol. The Morgan fingerprint density at radius 2 is 1.85 bits per heavy atom. The Morgan fingerprint density at radius 3 is 2.60 bits per heavy atom. The summed E-state index contributed by atoms with van der Waals surface area (Å²) in [5, 5.41) is 0. The van der Waals surface area contributed by atoms with Crippen LogP contribution in [0.25, 0.3) is 0 Å². The first kappa shape index (κ1) is 14.9. The zero-order valence-corrected chi connectivity index (χ0v) is 12.7. The molecule has 1 heterocycles. The van der Waals surface area contributed by atoms with Crippen molar-refractivity contribution in [2.75, 3.05) is 6.61 Å². The molecule has 1 aliphatic rings. The molecular formula is C17H26N2O. The van der Waals surface area contributed by atoms with Crippen LogP contribution in [0.2, 0.25) is 0 Å². The number of rotatable bonds is 7. The summed E-state index contributed by atoms with van der Waals surface area (Å²) in [5.41, 5.74) is 9.50. The molecule has 0 unspecified atom stereocenters. The maximum absolute atomic E-state index is 5.76. The van der Waals surface area contributed by atoms with Gasteiger partial charge in [-0.2, -0.15) is 0 Å². The van der Waals surface area contributed by atoms with Gasteiger partial charge in [0.2, 0.25) is 0 Å². The van der Waals surface area contributed by atoms with Crippen molar-refractivity contribution in [3.05, 3.63) is 23.3 Å². The van der Waals surface area contributed by atoms with Crippen LogP contribution in [0, 0.1) is 0 Å². The highest BCUT2D eigenvalue weighted by Crippen LogP contribution is 2.34. The van der Waals surface area contributed by atoms with Crippen molar-refractivity contribution in [3.63, 3.8) is 0 Å². The summed E-state index contributed by atoms with van der Waals surface area (Å²) in [6.07, 6.45) is 8.57. The first-order chi connectivity index (χ1) is 9.74. The predicted octanol–water partition coefficient (Wildman–Crippen LogP) is 4.14. The molecule has 1 aromatic carbocycles. The molecule has 2 rings (SSSR count). The largest absolute Gasteiger partial charge is 0.483 e. The Bertz CT molecular complexity index is 480. The highest BCUT2D eigenvalue weighted by molar-refractivity contribution is 5.87. The number of aryl methyl sites for hydroxylation is 2. The minimum absolute atomic E-state index is 0.411. The molecule has 3 nitrogen and oxygen atoms in total. The van der Waals surface area contributed by atoms with Crippen LogP contribution >= 0.6 is 0 Å². The molecule has 0 fully saturated rings. The lowest BCUT2D eigenvalue weighted by Crippen LogP contribution is -2.23. The molecule has 3 heteroatoms. The van der Waals surface area contributed by atoms with Crippen molar-refractivity contribution in [3.8, 4) is 5.75 Å². The zero-order chi connectivity index (χ0) is 14.4. The van der Waals surface area contributed by atoms with Crippen LogP contribution < -0.4 is 10.5 Å². The number of unbranched alkanes of at least 4 members (excludes halogenated alkanes) is 3. The number of amidine groups is 1. The molecule has 0 aromatic heterocycles. The Kier molecular flexibility index (Phi) is 5.45. The average Bonchev–Trinajstić information content (AvgIpc) is 2.44. The minimum atomic E-state index is 0.411. The van der Waals surface area contributed by atoms with E-state index in [1.807, 2.05) is 0 Å². The second-order valence-electron chi connectivity index (χ2n) is 5.54. The van der Waals surface area contributed by atoms with Crippen LogP contribution in [0.15, 0.2) is 17.1 Å². The fourth-order valence-electron chi connectivity index (χ4n) is 2.67. The van der Waals surface area contributed by atoms with Crippen molar-refractivity contribution in [2.45, 2.75) is 58.8 Å². The third-order valence-corrected chi connectivity index (χ3v) is 3.74. The molecule has 0 amide bonds. The number of ether oxygens (including phenoxy) is 1. The van der Waals surface area contributed by atoms with Gasteiger partial charge < -0.3 is 10.5 Å². The molecular weight excluding hydrogens is 248 g/mol. The molecule has 1 aromatic rings. The van der Waals surface area contributed by atoms with E-state index in [9.17, 15) is 0 Å². The molecule has 110 valence electrons. The monoisotopic (exact) mass is 274 g/mol. The first-order valence-corrected chi connectivity index (χ1v) is 7.86. The van der Waals surface area contributed by atoms with E-state index in [-0.39, 0.29) is 0 Å². The van der Waals surface area contributed by atoms with Crippen LogP contribution in [-0.2, 0) is 12.8 Å². The van der Waals surface area contributed by atoms with Gasteiger partial charge in [0.1, 0.15) is 23.9 Å². The van der Waals surface area contributed by atoms with E-state index in [1.54, 1.807) is 0 Å². The van der Waals surface area contributed by atoms with E-state index in [0.717, 1.165) is 30.7 Å². The number of fused-ring (bicyclic) bond motifs is 1. The molecule has 1 aliphatic heterocycles. The van der Waals surface area contributed by atoms with Crippen molar-refractivity contribution < 1.29 is 4.74 Å². The molecule has 20 heavy (non-hydrogen) atoms. The lowest BCUT2D eigenvalue weighted by atomic mass is 9.96. The van der Waals surface area contributed by atoms with Crippen LogP contribution in [-0.4, -0.2) is 12.4 Å². The van der Waals surface area contributed by atoms with Gasteiger partial charge in [0, 0.05) is 0 Å². The smallest absolute Gasteiger partial charge is 0.145 e. The molecule has 0 saturated heterocycles. The number of hydrogen-bond acceptors (Lipinski definition) is 3. The van der Waals surface area contributed by atoms with Crippen molar-refractivity contribution >= 4 is 11.5 Å². The number of aliphatic imine (C=N–C) groups is 1. The molecule has 0 aliphatic carbocycles. The van der Waals surface area contributed by atoms with Gasteiger partial charge in [0.15, 0.2) is 0 Å². The summed E-state index contributed by atoms with van der Waals surface area (Å²) in [6.45, 7) is 4.88. The zero-order valence-electron chi connectivity index (χ0n) is 12.7. The Labute approximate surface area is 122 Å². The lowest BCUT2D eigenvalue weighted by Gasteiger charge is -2.18. The van der Waals surface area contributed by atoms with Gasteiger partial charge >= 0.3 is 0 Å². The third-order valence-electron chi connectivity index (χ3n) is 3.74. The molecule has 2 N–H and O–H groups in total. The van der Waals surface area contributed by atoms with Gasteiger partial charge in [-0.05, 0) is 42.5 Å². The van der Waals surface area contributed by atoms with E-state index in [1.165, 1.54) is 36.8 Å². The Hall–Kier alpha value is -1.51. The first-order valence-electron chi connectivity index (χ1n) is 7.86. The number of nitrogens with two attached hydrogens (primary N) is 1. The van der Waals surface area contributed by atoms with Crippen molar-refractivity contribution in [2.24, 2.45) is 10.7 Å². The van der Waals surface area contributed by atoms with Crippen molar-refractivity contribution in [1.29, 1.82) is 0 Å². The van der Waals surface area contributed by atoms with Gasteiger partial charge in [0.25, 0.3) is 0 Å². The minimum Gasteiger partial charge on any atom is -0.483 e. The van der Waals surface area contributed by atoms with Crippen LogP contribution in [0.5, 0.6) is 5.75 Å². The fraction of sp³-hybridized carbons (Fsp3) is 0.588. The highest BCUT2D eigenvalue weighted by Gasteiger charge is 2.14. The van der Waals surface area contributed by atoms with E-state index in [0.29, 0.717) is 12.4 Å². The number of nitrogens with zero attached hydrogens (tertiary/aromatic N) is 1. The van der Waals surface area contributed by atoms with Crippen LogP contribution in [0.4, 0.5) is 5.69 Å². The Balaban J connectivity index is 2.17. The van der Waals surface area contributed by atoms with E-state index in [2.05, 4.69) is 31.0 Å². The molecule has 0 radical (unpaired) electrons. The fourth-order valence-corrected chi connectivity index (χ4v) is 2.67. The van der Waals surface area contributed by atoms with Gasteiger partial charge in [-0.3, -0.25) is 0 Å². The molecule has 0 atom stereocenters. The van der Waals surface area contributed by atoms with Gasteiger partial charge in [0.05, 0.1) is 0 Å². The van der Waals surface area contributed by atoms with Gasteiger partial charge in [-0.15, -0.1) is 0 Å². The standard InChI is InChI=1S/C17H26N2O/c1-3-5-6-7-9-14-10-15-16(11-13(14)8-4-2)20-12-17(18)19-15/h10-11H,3-9,12H2,1-2H3,(H2,18,19). The summed E-state index contributed by atoms with van der Waals surface area (Å²) in [5.74, 6) is 1.46. The number of hydrogen-bond donors (Lipinski definition) is 1. The van der Waals surface area contributed by atoms with Crippen LogP contribution in [0.1, 0.15) is 57.1 Å². The maximum atomic E-state index is 5.76. The van der Waals surface area contributed by atoms with E-state index in [4.69, 9.17) is 10.5 Å². The lowest BCUT2D eigenvalue weighted by molar-refractivity contribution is 0.370. The number of benzene rings is 1. The van der Waals surface area contributed by atoms with Gasteiger partial charge in [-0.25, -0.2) is 4.99 Å². The Morgan fingerprint density at radius 1 is 1.05 bits per heavy atom. The summed E-state index contributed by atoms with van der Waals surface area (Å²) < 4.78 is 5.66. The maximum Gasteiger partial charge on any atom is 0.145 e. The predicted molar refractivity (Wildman–Crippen MR) is 85.1 cm³/mol.